The minimum atomic E-state index is -3.38. The first-order valence-corrected chi connectivity index (χ1v) is 7.26. The number of hydrogen-bond acceptors (Lipinski definition) is 3. The topological polar surface area (TPSA) is 66.4 Å². The standard InChI is InChI=1S/C12H19NO3S/c1-9(2)7-8-17(15,16)13-12-10(3)5-4-6-11(12)14/h4-6,9,13-14H,7-8H2,1-3H3. The highest BCUT2D eigenvalue weighted by Gasteiger charge is 2.14. The number of anilines is 1. The summed E-state index contributed by atoms with van der Waals surface area (Å²) in [6.07, 6.45) is 0.599. The molecule has 0 saturated carbocycles. The van der Waals surface area contributed by atoms with Crippen molar-refractivity contribution in [1.29, 1.82) is 0 Å². The summed E-state index contributed by atoms with van der Waals surface area (Å²) in [6, 6.07) is 4.89. The molecule has 0 spiro atoms. The van der Waals surface area contributed by atoms with Crippen molar-refractivity contribution in [3.05, 3.63) is 23.8 Å². The van der Waals surface area contributed by atoms with Gasteiger partial charge in [0.05, 0.1) is 11.4 Å². The Morgan fingerprint density at radius 1 is 1.35 bits per heavy atom. The van der Waals surface area contributed by atoms with Crippen molar-refractivity contribution >= 4 is 15.7 Å². The van der Waals surface area contributed by atoms with E-state index in [0.29, 0.717) is 17.9 Å². The van der Waals surface area contributed by atoms with Crippen LogP contribution in [0.2, 0.25) is 0 Å². The maximum Gasteiger partial charge on any atom is 0.232 e. The number of aryl methyl sites for hydroxylation is 1. The lowest BCUT2D eigenvalue weighted by Crippen LogP contribution is -2.18. The number of phenolic OH excluding ortho intramolecular Hbond substituents is 1. The van der Waals surface area contributed by atoms with E-state index in [1.165, 1.54) is 6.07 Å². The highest BCUT2D eigenvalue weighted by Crippen LogP contribution is 2.27. The van der Waals surface area contributed by atoms with E-state index in [9.17, 15) is 13.5 Å². The minimum Gasteiger partial charge on any atom is -0.506 e. The molecule has 0 heterocycles. The Bertz CT molecular complexity index is 460. The fraction of sp³-hybridized carbons (Fsp3) is 0.500. The molecule has 0 aliphatic rings. The Balaban J connectivity index is 2.83. The zero-order valence-electron chi connectivity index (χ0n) is 10.4. The van der Waals surface area contributed by atoms with Gasteiger partial charge in [0.2, 0.25) is 10.0 Å². The van der Waals surface area contributed by atoms with Gasteiger partial charge in [-0.1, -0.05) is 26.0 Å². The zero-order valence-corrected chi connectivity index (χ0v) is 11.2. The normalized spacial score (nSPS) is 11.8. The van der Waals surface area contributed by atoms with Crippen LogP contribution in [0.15, 0.2) is 18.2 Å². The van der Waals surface area contributed by atoms with E-state index in [0.717, 1.165) is 0 Å². The number of hydrogen-bond donors (Lipinski definition) is 2. The molecular weight excluding hydrogens is 238 g/mol. The number of nitrogens with one attached hydrogen (secondary N) is 1. The van der Waals surface area contributed by atoms with E-state index in [1.807, 2.05) is 13.8 Å². The fourth-order valence-corrected chi connectivity index (χ4v) is 2.84. The van der Waals surface area contributed by atoms with E-state index in [2.05, 4.69) is 4.72 Å². The lowest BCUT2D eigenvalue weighted by Gasteiger charge is -2.12. The molecule has 0 saturated heterocycles. The molecule has 96 valence electrons. The number of aromatic hydroxyl groups is 1. The molecule has 2 N–H and O–H groups in total. The lowest BCUT2D eigenvalue weighted by atomic mass is 10.2. The molecular formula is C12H19NO3S. The number of phenols is 1. The summed E-state index contributed by atoms with van der Waals surface area (Å²) in [5, 5.41) is 9.61. The summed E-state index contributed by atoms with van der Waals surface area (Å²) in [5.41, 5.74) is 0.981. The van der Waals surface area contributed by atoms with Crippen LogP contribution in [0.25, 0.3) is 0 Å². The molecule has 0 amide bonds. The molecule has 0 unspecified atom stereocenters. The molecule has 1 aromatic rings. The highest BCUT2D eigenvalue weighted by atomic mass is 32.2. The quantitative estimate of drug-likeness (QED) is 0.796. The SMILES string of the molecule is Cc1cccc(O)c1NS(=O)(=O)CCC(C)C. The van der Waals surface area contributed by atoms with Gasteiger partial charge in [0.25, 0.3) is 0 Å². The maximum absolute atomic E-state index is 11.8. The first-order chi connectivity index (χ1) is 7.82. The summed E-state index contributed by atoms with van der Waals surface area (Å²) in [5.74, 6) is 0.355. The van der Waals surface area contributed by atoms with E-state index < -0.39 is 10.0 Å². The van der Waals surface area contributed by atoms with Crippen LogP contribution >= 0.6 is 0 Å². The number of benzene rings is 1. The van der Waals surface area contributed by atoms with Crippen molar-refractivity contribution in [1.82, 2.24) is 0 Å². The third-order valence-corrected chi connectivity index (χ3v) is 3.76. The minimum absolute atomic E-state index is 0.0434. The Kier molecular flexibility index (Phi) is 4.40. The Labute approximate surface area is 103 Å². The first kappa shape index (κ1) is 13.8. The molecule has 0 radical (unpaired) electrons. The monoisotopic (exact) mass is 257 g/mol. The molecule has 0 fully saturated rings. The van der Waals surface area contributed by atoms with Crippen LogP contribution < -0.4 is 4.72 Å². The highest BCUT2D eigenvalue weighted by molar-refractivity contribution is 7.92. The average molecular weight is 257 g/mol. The number of sulfonamides is 1. The summed E-state index contributed by atoms with van der Waals surface area (Å²) >= 11 is 0. The van der Waals surface area contributed by atoms with Crippen LogP contribution in [0, 0.1) is 12.8 Å². The molecule has 0 aliphatic heterocycles. The average Bonchev–Trinajstić information content (AvgIpc) is 2.21. The molecule has 1 rings (SSSR count). The van der Waals surface area contributed by atoms with Crippen LogP contribution in [-0.4, -0.2) is 19.3 Å². The number of para-hydroxylation sites is 1. The maximum atomic E-state index is 11.8. The van der Waals surface area contributed by atoms with Crippen LogP contribution in [0.1, 0.15) is 25.8 Å². The molecule has 0 aromatic heterocycles. The van der Waals surface area contributed by atoms with Gasteiger partial charge in [-0.05, 0) is 30.9 Å². The predicted octanol–water partition coefficient (Wildman–Crippen LogP) is 2.49. The zero-order chi connectivity index (χ0) is 13.1. The van der Waals surface area contributed by atoms with E-state index >= 15 is 0 Å². The van der Waals surface area contributed by atoms with Gasteiger partial charge in [-0.2, -0.15) is 0 Å². The molecule has 1 aromatic carbocycles. The summed E-state index contributed by atoms with van der Waals surface area (Å²) in [7, 11) is -3.38. The van der Waals surface area contributed by atoms with Crippen molar-refractivity contribution in [3.63, 3.8) is 0 Å². The molecule has 4 nitrogen and oxygen atoms in total. The van der Waals surface area contributed by atoms with Gasteiger partial charge >= 0.3 is 0 Å². The second kappa shape index (κ2) is 5.40. The van der Waals surface area contributed by atoms with Gasteiger partial charge in [-0.15, -0.1) is 0 Å². The lowest BCUT2D eigenvalue weighted by molar-refractivity contribution is 0.477. The van der Waals surface area contributed by atoms with Crippen molar-refractivity contribution < 1.29 is 13.5 Å². The molecule has 17 heavy (non-hydrogen) atoms. The van der Waals surface area contributed by atoms with Gasteiger partial charge in [-0.25, -0.2) is 8.42 Å². The van der Waals surface area contributed by atoms with Crippen LogP contribution in [0.5, 0.6) is 5.75 Å². The second-order valence-electron chi connectivity index (χ2n) is 4.57. The van der Waals surface area contributed by atoms with E-state index in [1.54, 1.807) is 19.1 Å². The number of rotatable bonds is 5. The smallest absolute Gasteiger partial charge is 0.232 e. The van der Waals surface area contributed by atoms with E-state index in [-0.39, 0.29) is 17.2 Å². The van der Waals surface area contributed by atoms with Gasteiger partial charge in [-0.3, -0.25) is 4.72 Å². The van der Waals surface area contributed by atoms with Gasteiger partial charge in [0.1, 0.15) is 5.75 Å². The Morgan fingerprint density at radius 3 is 2.53 bits per heavy atom. The first-order valence-electron chi connectivity index (χ1n) is 5.61. The summed E-state index contributed by atoms with van der Waals surface area (Å²) in [6.45, 7) is 5.70. The van der Waals surface area contributed by atoms with Gasteiger partial charge in [0, 0.05) is 0 Å². The Hall–Kier alpha value is -1.23. The van der Waals surface area contributed by atoms with Crippen LogP contribution in [0.3, 0.4) is 0 Å². The van der Waals surface area contributed by atoms with E-state index in [4.69, 9.17) is 0 Å². The van der Waals surface area contributed by atoms with Crippen molar-refractivity contribution in [2.75, 3.05) is 10.5 Å². The van der Waals surface area contributed by atoms with Crippen LogP contribution in [0.4, 0.5) is 5.69 Å². The van der Waals surface area contributed by atoms with Crippen molar-refractivity contribution in [2.45, 2.75) is 27.2 Å². The summed E-state index contributed by atoms with van der Waals surface area (Å²) < 4.78 is 26.0. The third kappa shape index (κ3) is 4.26. The second-order valence-corrected chi connectivity index (χ2v) is 6.41. The van der Waals surface area contributed by atoms with Gasteiger partial charge < -0.3 is 5.11 Å². The molecule has 5 heteroatoms. The largest absolute Gasteiger partial charge is 0.506 e. The molecule has 0 bridgehead atoms. The summed E-state index contributed by atoms with van der Waals surface area (Å²) in [4.78, 5) is 0. The van der Waals surface area contributed by atoms with Crippen molar-refractivity contribution in [3.8, 4) is 5.75 Å². The fourth-order valence-electron chi connectivity index (χ4n) is 1.38. The third-order valence-electron chi connectivity index (χ3n) is 2.47. The van der Waals surface area contributed by atoms with Crippen molar-refractivity contribution in [2.24, 2.45) is 5.92 Å². The molecule has 0 atom stereocenters. The predicted molar refractivity (Wildman–Crippen MR) is 69.7 cm³/mol. The Morgan fingerprint density at radius 2 is 2.00 bits per heavy atom. The van der Waals surface area contributed by atoms with Crippen LogP contribution in [-0.2, 0) is 10.0 Å². The van der Waals surface area contributed by atoms with Gasteiger partial charge in [0.15, 0.2) is 0 Å². The molecule has 0 aliphatic carbocycles.